The summed E-state index contributed by atoms with van der Waals surface area (Å²) in [5.41, 5.74) is 5.21. The highest BCUT2D eigenvalue weighted by molar-refractivity contribution is 5.71. The molecule has 0 rings (SSSR count). The van der Waals surface area contributed by atoms with Crippen LogP contribution in [0.15, 0.2) is 17.1 Å². The summed E-state index contributed by atoms with van der Waals surface area (Å²) in [5.74, 6) is 0. The first-order valence-electron chi connectivity index (χ1n) is 2.75. The summed E-state index contributed by atoms with van der Waals surface area (Å²) in [6, 6.07) is 2.13. The highest BCUT2D eigenvalue weighted by Gasteiger charge is 1.67. The third-order valence-electron chi connectivity index (χ3n) is 0.705. The lowest BCUT2D eigenvalue weighted by atomic mass is 10.4. The van der Waals surface area contributed by atoms with Crippen molar-refractivity contribution < 1.29 is 0 Å². The molecule has 0 saturated carbocycles. The Kier molecular flexibility index (Phi) is 6.11. The van der Waals surface area contributed by atoms with Crippen molar-refractivity contribution in [3.8, 4) is 12.5 Å². The van der Waals surface area contributed by atoms with E-state index in [0.29, 0.717) is 6.54 Å². The molecule has 0 saturated heterocycles. The summed E-state index contributed by atoms with van der Waals surface area (Å²) in [7, 11) is 0. The van der Waals surface area contributed by atoms with Crippen molar-refractivity contribution >= 4 is 6.21 Å². The first-order chi connectivity index (χ1) is 4.41. The third-order valence-corrected chi connectivity index (χ3v) is 0.705. The Bertz CT molecular complexity index is 139. The predicted molar refractivity (Wildman–Crippen MR) is 40.1 cm³/mol. The Morgan fingerprint density at radius 3 is 3.00 bits per heavy atom. The van der Waals surface area contributed by atoms with E-state index >= 15 is 0 Å². The number of nitrogens with zero attached hydrogens (tertiary/aromatic N) is 1. The normalized spacial score (nSPS) is 10.7. The number of allylic oxidation sites excluding steroid dienone is 1. The minimum atomic E-state index is 0.667. The molecule has 2 nitrogen and oxygen atoms in total. The molecule has 2 N–H and O–H groups in total. The molecule has 0 aliphatic carbocycles. The van der Waals surface area contributed by atoms with E-state index in [1.807, 2.05) is 6.08 Å². The van der Waals surface area contributed by atoms with Gasteiger partial charge < -0.3 is 5.73 Å². The maximum absolute atomic E-state index is 5.21. The molecule has 0 atom stereocenters. The van der Waals surface area contributed by atoms with Gasteiger partial charge in [-0.05, 0) is 19.0 Å². The second kappa shape index (κ2) is 6.93. The van der Waals surface area contributed by atoms with Gasteiger partial charge in [0.05, 0.1) is 0 Å². The fraction of sp³-hybridized carbons (Fsp3) is 0.286. The van der Waals surface area contributed by atoms with E-state index in [4.69, 9.17) is 12.2 Å². The number of rotatable bonds is 3. The van der Waals surface area contributed by atoms with Crippen LogP contribution >= 0.6 is 0 Å². The zero-order valence-electron chi connectivity index (χ0n) is 5.25. The second-order valence-corrected chi connectivity index (χ2v) is 1.41. The van der Waals surface area contributed by atoms with Gasteiger partial charge in [0.2, 0.25) is 0 Å². The zero-order valence-corrected chi connectivity index (χ0v) is 5.25. The first kappa shape index (κ1) is 7.93. The zero-order chi connectivity index (χ0) is 6.95. The molecule has 0 aromatic heterocycles. The monoisotopic (exact) mass is 122 g/mol. The molecule has 48 valence electrons. The van der Waals surface area contributed by atoms with Crippen molar-refractivity contribution in [2.75, 3.05) is 6.54 Å². The second-order valence-electron chi connectivity index (χ2n) is 1.41. The van der Waals surface area contributed by atoms with Gasteiger partial charge in [0.1, 0.15) is 0 Å². The van der Waals surface area contributed by atoms with E-state index < -0.39 is 0 Å². The average Bonchev–Trinajstić information content (AvgIpc) is 1.89. The Hall–Kier alpha value is -1.07. The fourth-order valence-corrected chi connectivity index (χ4v) is 0.339. The maximum Gasteiger partial charge on any atom is 0.0372 e. The molecule has 0 aliphatic heterocycles. The average molecular weight is 122 g/mol. The number of aliphatic imine (C=N–C) groups is 1. The lowest BCUT2D eigenvalue weighted by Gasteiger charge is -1.78. The van der Waals surface area contributed by atoms with Crippen LogP contribution in [0.4, 0.5) is 0 Å². The molecule has 0 heterocycles. The topological polar surface area (TPSA) is 38.4 Å². The molecule has 0 aromatic carbocycles. The lowest BCUT2D eigenvalue weighted by Crippen LogP contribution is -1.94. The Labute approximate surface area is 55.5 Å². The summed E-state index contributed by atoms with van der Waals surface area (Å²) < 4.78 is 0. The lowest BCUT2D eigenvalue weighted by molar-refractivity contribution is 1.01. The smallest absolute Gasteiger partial charge is 0.0372 e. The number of hydrogen-bond donors (Lipinski definition) is 1. The Morgan fingerprint density at radius 2 is 2.44 bits per heavy atom. The van der Waals surface area contributed by atoms with Crippen LogP contribution in [0.1, 0.15) is 6.42 Å². The van der Waals surface area contributed by atoms with Gasteiger partial charge in [0.15, 0.2) is 0 Å². The molecule has 9 heavy (non-hydrogen) atoms. The van der Waals surface area contributed by atoms with Crippen molar-refractivity contribution in [2.24, 2.45) is 10.7 Å². The van der Waals surface area contributed by atoms with Crippen LogP contribution in [0.5, 0.6) is 0 Å². The highest BCUT2D eigenvalue weighted by atomic mass is 14.6. The quantitative estimate of drug-likeness (QED) is 0.431. The summed E-state index contributed by atoms with van der Waals surface area (Å²) in [5, 5.41) is 0. The van der Waals surface area contributed by atoms with E-state index in [1.165, 1.54) is 0 Å². The molecule has 0 amide bonds. The molecule has 0 bridgehead atoms. The van der Waals surface area contributed by atoms with Crippen LogP contribution < -0.4 is 5.73 Å². The van der Waals surface area contributed by atoms with E-state index in [0.717, 1.165) is 6.42 Å². The first-order valence-corrected chi connectivity index (χ1v) is 2.75. The van der Waals surface area contributed by atoms with Crippen molar-refractivity contribution in [1.82, 2.24) is 0 Å². The van der Waals surface area contributed by atoms with Crippen LogP contribution in [0.25, 0.3) is 0 Å². The maximum atomic E-state index is 5.21. The number of nitrogens with two attached hydrogens (primary N) is 1. The van der Waals surface area contributed by atoms with E-state index in [-0.39, 0.29) is 0 Å². The fourth-order valence-electron chi connectivity index (χ4n) is 0.339. The summed E-state index contributed by atoms with van der Waals surface area (Å²) in [6.45, 7) is 0.667. The van der Waals surface area contributed by atoms with Gasteiger partial charge >= 0.3 is 0 Å². The molecular weight excluding hydrogens is 112 g/mol. The molecule has 0 aromatic rings. The van der Waals surface area contributed by atoms with Crippen LogP contribution in [-0.2, 0) is 0 Å². The standard InChI is InChI=1S/C7H10N2/c1-2-9-7-5-3-4-6-8/h1,3,5,7H,4,6,8H2/b5-3-,9-7?. The molecular formula is C7H10N2. The van der Waals surface area contributed by atoms with Gasteiger partial charge in [-0.2, -0.15) is 0 Å². The predicted octanol–water partition coefficient (Wildman–Crippen LogP) is 0.553. The molecule has 0 unspecified atom stereocenters. The molecule has 0 fully saturated rings. The van der Waals surface area contributed by atoms with E-state index in [9.17, 15) is 0 Å². The summed E-state index contributed by atoms with van der Waals surface area (Å²) >= 11 is 0. The molecule has 0 aliphatic rings. The van der Waals surface area contributed by atoms with Crippen LogP contribution in [0.2, 0.25) is 0 Å². The minimum Gasteiger partial charge on any atom is -0.330 e. The number of hydrogen-bond acceptors (Lipinski definition) is 2. The highest BCUT2D eigenvalue weighted by Crippen LogP contribution is 1.75. The van der Waals surface area contributed by atoms with Crippen LogP contribution in [-0.4, -0.2) is 12.8 Å². The van der Waals surface area contributed by atoms with Gasteiger partial charge in [-0.1, -0.05) is 12.5 Å². The Balaban J connectivity index is 3.27. The SMILES string of the molecule is C#CN=C/C=C\CCN. The van der Waals surface area contributed by atoms with Crippen molar-refractivity contribution in [1.29, 1.82) is 0 Å². The molecule has 2 heteroatoms. The van der Waals surface area contributed by atoms with Crippen molar-refractivity contribution in [3.05, 3.63) is 12.2 Å². The van der Waals surface area contributed by atoms with E-state index in [1.54, 1.807) is 12.3 Å². The largest absolute Gasteiger partial charge is 0.330 e. The molecule has 0 radical (unpaired) electrons. The number of terminal acetylenes is 1. The van der Waals surface area contributed by atoms with Gasteiger partial charge in [-0.25, -0.2) is 4.99 Å². The van der Waals surface area contributed by atoms with Crippen LogP contribution in [0.3, 0.4) is 0 Å². The van der Waals surface area contributed by atoms with E-state index in [2.05, 4.69) is 11.0 Å². The van der Waals surface area contributed by atoms with Gasteiger partial charge in [-0.3, -0.25) is 0 Å². The third kappa shape index (κ3) is 6.93. The van der Waals surface area contributed by atoms with Gasteiger partial charge in [0, 0.05) is 12.3 Å². The van der Waals surface area contributed by atoms with Crippen molar-refractivity contribution in [2.45, 2.75) is 6.42 Å². The summed E-state index contributed by atoms with van der Waals surface area (Å²) in [4.78, 5) is 3.52. The minimum absolute atomic E-state index is 0.667. The van der Waals surface area contributed by atoms with Gasteiger partial charge in [-0.15, -0.1) is 0 Å². The summed E-state index contributed by atoms with van der Waals surface area (Å²) in [6.07, 6.45) is 11.0. The Morgan fingerprint density at radius 1 is 1.67 bits per heavy atom. The van der Waals surface area contributed by atoms with Crippen molar-refractivity contribution in [3.63, 3.8) is 0 Å². The van der Waals surface area contributed by atoms with Gasteiger partial charge in [0.25, 0.3) is 0 Å². The molecule has 0 spiro atoms. The van der Waals surface area contributed by atoms with Crippen LogP contribution in [0, 0.1) is 12.5 Å².